The van der Waals surface area contributed by atoms with Gasteiger partial charge in [-0.15, -0.1) is 0 Å². The summed E-state index contributed by atoms with van der Waals surface area (Å²) >= 11 is 0. The second kappa shape index (κ2) is 7.55. The zero-order chi connectivity index (χ0) is 22.8. The molecule has 0 radical (unpaired) electrons. The minimum Gasteiger partial charge on any atom is -0.467 e. The zero-order valence-electron chi connectivity index (χ0n) is 17.1. The maximum absolute atomic E-state index is 12.0. The molecule has 5 rings (SSSR count). The van der Waals surface area contributed by atoms with Crippen LogP contribution in [0.4, 0.5) is 5.82 Å². The van der Waals surface area contributed by atoms with Gasteiger partial charge >= 0.3 is 5.97 Å². The van der Waals surface area contributed by atoms with E-state index in [1.165, 1.54) is 19.8 Å². The lowest BCUT2D eigenvalue weighted by Gasteiger charge is -2.52. The van der Waals surface area contributed by atoms with Crippen molar-refractivity contribution in [2.45, 2.75) is 61.2 Å². The van der Waals surface area contributed by atoms with Gasteiger partial charge in [0.1, 0.15) is 42.4 Å². The van der Waals surface area contributed by atoms with E-state index in [0.717, 1.165) is 7.11 Å². The van der Waals surface area contributed by atoms with Crippen molar-refractivity contribution in [1.82, 2.24) is 19.5 Å². The second-order valence-electron chi connectivity index (χ2n) is 7.92. The number of anilines is 1. The summed E-state index contributed by atoms with van der Waals surface area (Å²) in [5, 5.41) is 32.1. The highest BCUT2D eigenvalue weighted by Gasteiger charge is 2.65. The SMILES string of the molecule is COC(=O)[C@H]1O[C@@H]2C[C@H]3O[C@H](n4cnc5c(N)ncnc54)[C@H](OC)[C@@H]3O[C@@]2(O)[C@@H](O)[C@@H]1O. The largest absolute Gasteiger partial charge is 0.467 e. The topological polar surface area (TPSA) is 194 Å². The number of aliphatic hydroxyl groups is 3. The molecule has 32 heavy (non-hydrogen) atoms. The summed E-state index contributed by atoms with van der Waals surface area (Å²) in [6.45, 7) is 0. The number of nitrogens with two attached hydrogens (primary N) is 1. The van der Waals surface area contributed by atoms with Gasteiger partial charge in [-0.2, -0.15) is 0 Å². The summed E-state index contributed by atoms with van der Waals surface area (Å²) in [6, 6.07) is 0. The molecule has 2 aromatic heterocycles. The highest BCUT2D eigenvalue weighted by Crippen LogP contribution is 2.46. The lowest BCUT2D eigenvalue weighted by atomic mass is 9.84. The Morgan fingerprint density at radius 1 is 1.28 bits per heavy atom. The molecule has 9 atom stereocenters. The van der Waals surface area contributed by atoms with Crippen LogP contribution in [0.3, 0.4) is 0 Å². The van der Waals surface area contributed by atoms with Crippen LogP contribution in [0.1, 0.15) is 12.6 Å². The smallest absolute Gasteiger partial charge is 0.337 e. The Morgan fingerprint density at radius 2 is 2.06 bits per heavy atom. The lowest BCUT2D eigenvalue weighted by molar-refractivity contribution is -0.397. The van der Waals surface area contributed by atoms with E-state index in [-0.39, 0.29) is 12.2 Å². The Morgan fingerprint density at radius 3 is 2.78 bits per heavy atom. The van der Waals surface area contributed by atoms with Crippen LogP contribution < -0.4 is 5.73 Å². The molecule has 174 valence electrons. The molecular formula is C18H23N5O9. The van der Waals surface area contributed by atoms with Crippen molar-refractivity contribution in [3.05, 3.63) is 12.7 Å². The Balaban J connectivity index is 1.47. The third-order valence-electron chi connectivity index (χ3n) is 6.25. The number of esters is 1. The first-order chi connectivity index (χ1) is 15.3. The van der Waals surface area contributed by atoms with Gasteiger partial charge in [0.15, 0.2) is 23.8 Å². The molecule has 0 bridgehead atoms. The number of hydrogen-bond acceptors (Lipinski definition) is 13. The average Bonchev–Trinajstić information content (AvgIpc) is 3.36. The number of methoxy groups -OCH3 is 2. The number of imidazole rings is 1. The van der Waals surface area contributed by atoms with Gasteiger partial charge in [-0.05, 0) is 0 Å². The van der Waals surface area contributed by atoms with E-state index < -0.39 is 60.7 Å². The van der Waals surface area contributed by atoms with Crippen LogP contribution in [0, 0.1) is 0 Å². The fraction of sp³-hybridized carbons (Fsp3) is 0.667. The van der Waals surface area contributed by atoms with E-state index in [0.29, 0.717) is 11.2 Å². The summed E-state index contributed by atoms with van der Waals surface area (Å²) in [6.07, 6.45) is -6.47. The molecule has 2 aromatic rings. The Kier molecular flexibility index (Phi) is 5.05. The minimum absolute atomic E-state index is 0.0402. The van der Waals surface area contributed by atoms with Gasteiger partial charge in [0.2, 0.25) is 5.79 Å². The first kappa shape index (κ1) is 21.4. The number of nitrogen functional groups attached to an aromatic ring is 1. The number of nitrogens with zero attached hydrogens (tertiary/aromatic N) is 4. The van der Waals surface area contributed by atoms with Crippen molar-refractivity contribution in [2.24, 2.45) is 0 Å². The Bertz CT molecular complexity index is 1040. The van der Waals surface area contributed by atoms with E-state index >= 15 is 0 Å². The standard InChI is InChI=1S/C18H23N5O9/c1-28-12-10-6(30-16(12)23-5-22-8-14(19)20-4-21-15(8)23)3-7-18(27,32-10)13(25)9(24)11(31-7)17(26)29-2/h4-7,9-13,16,24-25,27H,3H2,1-2H3,(H2,19,20,21)/t6-,7-,9-,10-,11+,12-,13+,16+,18-/m1/s1. The number of fused-ring (bicyclic) bond motifs is 3. The number of hydrogen-bond donors (Lipinski definition) is 4. The van der Waals surface area contributed by atoms with Crippen LogP contribution in [0.2, 0.25) is 0 Å². The summed E-state index contributed by atoms with van der Waals surface area (Å²) in [7, 11) is 2.57. The van der Waals surface area contributed by atoms with E-state index in [1.807, 2.05) is 0 Å². The second-order valence-corrected chi connectivity index (χ2v) is 7.92. The molecular weight excluding hydrogens is 430 g/mol. The fourth-order valence-electron chi connectivity index (χ4n) is 4.64. The van der Waals surface area contributed by atoms with Crippen LogP contribution in [0.15, 0.2) is 12.7 Å². The monoisotopic (exact) mass is 453 g/mol. The Labute approximate surface area is 180 Å². The van der Waals surface area contributed by atoms with Crippen LogP contribution in [0.25, 0.3) is 11.2 Å². The number of carbonyl (C=O) groups is 1. The quantitative estimate of drug-likeness (QED) is 0.355. The molecule has 0 spiro atoms. The van der Waals surface area contributed by atoms with E-state index in [4.69, 9.17) is 24.7 Å². The van der Waals surface area contributed by atoms with Crippen molar-refractivity contribution in [1.29, 1.82) is 0 Å². The molecule has 0 amide bonds. The third-order valence-corrected chi connectivity index (χ3v) is 6.25. The van der Waals surface area contributed by atoms with Gasteiger partial charge in [-0.25, -0.2) is 19.7 Å². The zero-order valence-corrected chi connectivity index (χ0v) is 17.1. The molecule has 5 heterocycles. The van der Waals surface area contributed by atoms with E-state index in [1.54, 1.807) is 4.57 Å². The van der Waals surface area contributed by atoms with Crippen LogP contribution in [-0.4, -0.2) is 104 Å². The number of rotatable bonds is 3. The normalized spacial score (nSPS) is 41.3. The summed E-state index contributed by atoms with van der Waals surface area (Å²) < 4.78 is 29.4. The first-order valence-corrected chi connectivity index (χ1v) is 9.91. The molecule has 14 heteroatoms. The summed E-state index contributed by atoms with van der Waals surface area (Å²) in [4.78, 5) is 24.3. The van der Waals surface area contributed by atoms with Crippen molar-refractivity contribution < 1.29 is 43.8 Å². The van der Waals surface area contributed by atoms with Crippen molar-refractivity contribution in [3.63, 3.8) is 0 Å². The number of aromatic nitrogens is 4. The molecule has 0 aromatic carbocycles. The number of aliphatic hydroxyl groups excluding tert-OH is 2. The highest BCUT2D eigenvalue weighted by molar-refractivity contribution is 5.81. The molecule has 3 aliphatic rings. The molecule has 3 saturated heterocycles. The van der Waals surface area contributed by atoms with Gasteiger partial charge in [-0.1, -0.05) is 0 Å². The van der Waals surface area contributed by atoms with Crippen LogP contribution in [0.5, 0.6) is 0 Å². The molecule has 0 saturated carbocycles. The predicted octanol–water partition coefficient (Wildman–Crippen LogP) is -2.54. The fourth-order valence-corrected chi connectivity index (χ4v) is 4.64. The third kappa shape index (κ3) is 2.92. The van der Waals surface area contributed by atoms with Gasteiger partial charge in [-0.3, -0.25) is 4.57 Å². The maximum atomic E-state index is 12.0. The van der Waals surface area contributed by atoms with Gasteiger partial charge in [0.25, 0.3) is 0 Å². The molecule has 0 aliphatic carbocycles. The number of ether oxygens (including phenoxy) is 5. The van der Waals surface area contributed by atoms with Crippen LogP contribution >= 0.6 is 0 Å². The lowest BCUT2D eigenvalue weighted by Crippen LogP contribution is -2.72. The van der Waals surface area contributed by atoms with Gasteiger partial charge < -0.3 is 44.7 Å². The molecule has 14 nitrogen and oxygen atoms in total. The minimum atomic E-state index is -2.30. The highest BCUT2D eigenvalue weighted by atomic mass is 16.7. The molecule has 3 aliphatic heterocycles. The Hall–Kier alpha value is -2.46. The number of carbonyl (C=O) groups excluding carboxylic acids is 1. The van der Waals surface area contributed by atoms with Crippen molar-refractivity contribution in [3.8, 4) is 0 Å². The van der Waals surface area contributed by atoms with Gasteiger partial charge in [0.05, 0.1) is 19.5 Å². The average molecular weight is 453 g/mol. The van der Waals surface area contributed by atoms with Crippen LogP contribution in [-0.2, 0) is 28.5 Å². The van der Waals surface area contributed by atoms with E-state index in [2.05, 4.69) is 19.7 Å². The van der Waals surface area contributed by atoms with Crippen molar-refractivity contribution >= 4 is 23.0 Å². The molecule has 5 N–H and O–H groups in total. The van der Waals surface area contributed by atoms with E-state index in [9.17, 15) is 20.1 Å². The maximum Gasteiger partial charge on any atom is 0.337 e. The summed E-state index contributed by atoms with van der Waals surface area (Å²) in [5.41, 5.74) is 6.66. The molecule has 0 unspecified atom stereocenters. The first-order valence-electron chi connectivity index (χ1n) is 9.91. The van der Waals surface area contributed by atoms with Crippen molar-refractivity contribution in [2.75, 3.05) is 20.0 Å². The summed E-state index contributed by atoms with van der Waals surface area (Å²) in [5.74, 6) is -2.99. The predicted molar refractivity (Wildman–Crippen MR) is 102 cm³/mol. The van der Waals surface area contributed by atoms with Gasteiger partial charge in [0, 0.05) is 13.5 Å². The molecule has 3 fully saturated rings.